The highest BCUT2D eigenvalue weighted by Crippen LogP contribution is 2.21. The molecule has 2 aromatic heterocycles. The highest BCUT2D eigenvalue weighted by Gasteiger charge is 2.15. The van der Waals surface area contributed by atoms with Gasteiger partial charge in [0.2, 0.25) is 0 Å². The average Bonchev–Trinajstić information content (AvgIpc) is 2.85. The lowest BCUT2D eigenvalue weighted by molar-refractivity contribution is 0.478. The van der Waals surface area contributed by atoms with Crippen molar-refractivity contribution in [2.45, 2.75) is 38.6 Å². The average molecular weight is 259 g/mol. The number of fused-ring (bicyclic) bond motifs is 1. The van der Waals surface area contributed by atoms with E-state index in [1.165, 1.54) is 0 Å². The summed E-state index contributed by atoms with van der Waals surface area (Å²) in [6.07, 6.45) is 6.02. The number of nitrogens with one attached hydrogen (secondary N) is 2. The maximum absolute atomic E-state index is 4.59. The van der Waals surface area contributed by atoms with Crippen LogP contribution in [0.4, 0.5) is 5.82 Å². The quantitative estimate of drug-likeness (QED) is 0.885. The Morgan fingerprint density at radius 1 is 1.37 bits per heavy atom. The second-order valence-electron chi connectivity index (χ2n) is 5.50. The molecule has 5 heteroatoms. The van der Waals surface area contributed by atoms with E-state index in [1.807, 2.05) is 16.9 Å². The van der Waals surface area contributed by atoms with E-state index in [0.29, 0.717) is 12.0 Å². The summed E-state index contributed by atoms with van der Waals surface area (Å²) in [5.41, 5.74) is 2.19. The summed E-state index contributed by atoms with van der Waals surface area (Å²) in [6, 6.07) is 2.65. The molecule has 1 aliphatic rings. The SMILES string of the molecule is CC(C)c1cc2c(NC3CCNCC3)nccn2n1. The molecular weight excluding hydrogens is 238 g/mol. The Balaban J connectivity index is 1.89. The van der Waals surface area contributed by atoms with Gasteiger partial charge in [0.1, 0.15) is 5.52 Å². The molecule has 0 spiro atoms. The molecule has 0 bridgehead atoms. The zero-order chi connectivity index (χ0) is 13.2. The molecule has 2 aromatic rings. The molecule has 3 rings (SSSR count). The molecule has 0 saturated carbocycles. The Morgan fingerprint density at radius 2 is 2.16 bits per heavy atom. The molecule has 1 aliphatic heterocycles. The number of rotatable bonds is 3. The number of piperidine rings is 1. The second-order valence-corrected chi connectivity index (χ2v) is 5.50. The predicted molar refractivity (Wildman–Crippen MR) is 76.6 cm³/mol. The van der Waals surface area contributed by atoms with Crippen LogP contribution in [-0.4, -0.2) is 33.7 Å². The molecule has 3 heterocycles. The van der Waals surface area contributed by atoms with Gasteiger partial charge >= 0.3 is 0 Å². The molecule has 1 saturated heterocycles. The normalized spacial score (nSPS) is 17.2. The van der Waals surface area contributed by atoms with Gasteiger partial charge in [-0.1, -0.05) is 13.8 Å². The summed E-state index contributed by atoms with van der Waals surface area (Å²) in [5, 5.41) is 11.5. The Bertz CT molecular complexity index is 554. The van der Waals surface area contributed by atoms with Gasteiger partial charge in [0.25, 0.3) is 0 Å². The zero-order valence-electron chi connectivity index (χ0n) is 11.6. The molecule has 0 aromatic carbocycles. The van der Waals surface area contributed by atoms with Gasteiger partial charge in [0, 0.05) is 18.4 Å². The highest BCUT2D eigenvalue weighted by molar-refractivity contribution is 5.68. The van der Waals surface area contributed by atoms with Crippen LogP contribution >= 0.6 is 0 Å². The first kappa shape index (κ1) is 12.4. The van der Waals surface area contributed by atoms with E-state index in [0.717, 1.165) is 43.0 Å². The van der Waals surface area contributed by atoms with Crippen molar-refractivity contribution < 1.29 is 0 Å². The summed E-state index contributed by atoms with van der Waals surface area (Å²) >= 11 is 0. The van der Waals surface area contributed by atoms with Crippen LogP contribution in [0.25, 0.3) is 5.52 Å². The van der Waals surface area contributed by atoms with Gasteiger partial charge in [-0.15, -0.1) is 0 Å². The highest BCUT2D eigenvalue weighted by atomic mass is 15.2. The monoisotopic (exact) mass is 259 g/mol. The van der Waals surface area contributed by atoms with Crippen LogP contribution in [0.5, 0.6) is 0 Å². The molecule has 0 amide bonds. The topological polar surface area (TPSA) is 54.2 Å². The molecule has 1 fully saturated rings. The Hall–Kier alpha value is -1.62. The third-order valence-corrected chi connectivity index (χ3v) is 3.68. The first-order valence-corrected chi connectivity index (χ1v) is 7.05. The van der Waals surface area contributed by atoms with Crippen molar-refractivity contribution in [1.82, 2.24) is 19.9 Å². The number of anilines is 1. The smallest absolute Gasteiger partial charge is 0.152 e. The van der Waals surface area contributed by atoms with E-state index in [4.69, 9.17) is 0 Å². The van der Waals surface area contributed by atoms with Gasteiger partial charge < -0.3 is 10.6 Å². The van der Waals surface area contributed by atoms with Crippen LogP contribution in [0.2, 0.25) is 0 Å². The summed E-state index contributed by atoms with van der Waals surface area (Å²) < 4.78 is 1.92. The Labute approximate surface area is 113 Å². The minimum atomic E-state index is 0.437. The van der Waals surface area contributed by atoms with Crippen LogP contribution in [0.3, 0.4) is 0 Å². The van der Waals surface area contributed by atoms with Crippen LogP contribution in [-0.2, 0) is 0 Å². The van der Waals surface area contributed by atoms with Gasteiger partial charge in [-0.2, -0.15) is 5.10 Å². The Kier molecular flexibility index (Phi) is 3.38. The molecule has 102 valence electrons. The summed E-state index contributed by atoms with van der Waals surface area (Å²) in [6.45, 7) is 6.48. The largest absolute Gasteiger partial charge is 0.365 e. The lowest BCUT2D eigenvalue weighted by Crippen LogP contribution is -2.35. The van der Waals surface area contributed by atoms with E-state index in [-0.39, 0.29) is 0 Å². The fourth-order valence-corrected chi connectivity index (χ4v) is 2.49. The van der Waals surface area contributed by atoms with Crippen molar-refractivity contribution in [2.24, 2.45) is 0 Å². The van der Waals surface area contributed by atoms with Gasteiger partial charge in [0.15, 0.2) is 5.82 Å². The van der Waals surface area contributed by atoms with E-state index in [1.54, 1.807) is 0 Å². The molecule has 0 unspecified atom stereocenters. The fourth-order valence-electron chi connectivity index (χ4n) is 2.49. The second kappa shape index (κ2) is 5.17. The molecule has 0 atom stereocenters. The van der Waals surface area contributed by atoms with Gasteiger partial charge in [-0.25, -0.2) is 9.50 Å². The zero-order valence-corrected chi connectivity index (χ0v) is 11.6. The maximum atomic E-state index is 4.59. The lowest BCUT2D eigenvalue weighted by atomic mass is 10.1. The third-order valence-electron chi connectivity index (χ3n) is 3.68. The first-order chi connectivity index (χ1) is 9.24. The van der Waals surface area contributed by atoms with Gasteiger partial charge in [0.05, 0.1) is 5.69 Å². The predicted octanol–water partition coefficient (Wildman–Crippen LogP) is 2.02. The third kappa shape index (κ3) is 2.56. The minimum Gasteiger partial charge on any atom is -0.365 e. The number of hydrogen-bond donors (Lipinski definition) is 2. The summed E-state index contributed by atoms with van der Waals surface area (Å²) in [7, 11) is 0. The van der Waals surface area contributed by atoms with Crippen LogP contribution in [0.15, 0.2) is 18.5 Å². The number of hydrogen-bond acceptors (Lipinski definition) is 4. The summed E-state index contributed by atoms with van der Waals surface area (Å²) in [4.78, 5) is 4.48. The maximum Gasteiger partial charge on any atom is 0.152 e. The van der Waals surface area contributed by atoms with Crippen LogP contribution < -0.4 is 10.6 Å². The van der Waals surface area contributed by atoms with Crippen molar-refractivity contribution in [1.29, 1.82) is 0 Å². The van der Waals surface area contributed by atoms with E-state index >= 15 is 0 Å². The van der Waals surface area contributed by atoms with Crippen molar-refractivity contribution in [3.05, 3.63) is 24.2 Å². The molecule has 19 heavy (non-hydrogen) atoms. The van der Waals surface area contributed by atoms with Crippen LogP contribution in [0.1, 0.15) is 38.3 Å². The number of nitrogens with zero attached hydrogens (tertiary/aromatic N) is 3. The minimum absolute atomic E-state index is 0.437. The Morgan fingerprint density at radius 3 is 2.89 bits per heavy atom. The standard InChI is InChI=1S/C14H21N5/c1-10(2)12-9-13-14(16-7-8-19(13)18-12)17-11-3-5-15-6-4-11/h7-11,15H,3-6H2,1-2H3,(H,16,17). The molecular formula is C14H21N5. The van der Waals surface area contributed by atoms with Gasteiger partial charge in [-0.05, 0) is 37.9 Å². The molecule has 5 nitrogen and oxygen atoms in total. The molecule has 0 radical (unpaired) electrons. The van der Waals surface area contributed by atoms with Crippen molar-refractivity contribution in [3.63, 3.8) is 0 Å². The molecule has 2 N–H and O–H groups in total. The van der Waals surface area contributed by atoms with E-state index < -0.39 is 0 Å². The van der Waals surface area contributed by atoms with Gasteiger partial charge in [-0.3, -0.25) is 0 Å². The fraction of sp³-hybridized carbons (Fsp3) is 0.571. The van der Waals surface area contributed by atoms with Crippen molar-refractivity contribution in [3.8, 4) is 0 Å². The van der Waals surface area contributed by atoms with Crippen molar-refractivity contribution in [2.75, 3.05) is 18.4 Å². The van der Waals surface area contributed by atoms with Crippen molar-refractivity contribution >= 4 is 11.3 Å². The first-order valence-electron chi connectivity index (χ1n) is 7.05. The van der Waals surface area contributed by atoms with Crippen LogP contribution in [0, 0.1) is 0 Å². The summed E-state index contributed by atoms with van der Waals surface area (Å²) in [5.74, 6) is 1.39. The number of aromatic nitrogens is 3. The lowest BCUT2D eigenvalue weighted by Gasteiger charge is -2.24. The van der Waals surface area contributed by atoms with E-state index in [2.05, 4.69) is 40.6 Å². The molecule has 0 aliphatic carbocycles. The van der Waals surface area contributed by atoms with E-state index in [9.17, 15) is 0 Å².